The number of aromatic nitrogens is 2. The number of nitrogens with one attached hydrogen (secondary N) is 2. The maximum Gasteiger partial charge on any atom is 0.120 e. The van der Waals surface area contributed by atoms with Crippen LogP contribution in [0.5, 0.6) is 0 Å². The average Bonchev–Trinajstić information content (AvgIpc) is 2.74. The summed E-state index contributed by atoms with van der Waals surface area (Å²) in [6, 6.07) is 2.08. The largest absolute Gasteiger partial charge is 0.340 e. The topological polar surface area (TPSA) is 40.7 Å². The molecule has 0 fully saturated rings. The van der Waals surface area contributed by atoms with Crippen molar-refractivity contribution in [1.29, 1.82) is 0 Å². The standard InChI is InChI=1S/C9H10BrN3S/c1-11-4-9-12-3-7(13-9)8-2-6(10)5-14-8/h2-3,5,11H,4H2,1H3,(H,12,13). The van der Waals surface area contributed by atoms with Gasteiger partial charge in [-0.3, -0.25) is 0 Å². The molecule has 0 aliphatic heterocycles. The predicted octanol–water partition coefficient (Wildman–Crippen LogP) is 2.62. The summed E-state index contributed by atoms with van der Waals surface area (Å²) in [6.07, 6.45) is 1.87. The van der Waals surface area contributed by atoms with Gasteiger partial charge in [0.05, 0.1) is 23.3 Å². The van der Waals surface area contributed by atoms with Crippen LogP contribution in [0.1, 0.15) is 5.82 Å². The van der Waals surface area contributed by atoms with Crippen molar-refractivity contribution < 1.29 is 0 Å². The van der Waals surface area contributed by atoms with Crippen LogP contribution in [0.15, 0.2) is 22.1 Å². The van der Waals surface area contributed by atoms with E-state index in [4.69, 9.17) is 0 Å². The zero-order valence-corrected chi connectivity index (χ0v) is 10.1. The van der Waals surface area contributed by atoms with E-state index in [1.807, 2.05) is 13.2 Å². The lowest BCUT2D eigenvalue weighted by molar-refractivity contribution is 0.772. The lowest BCUT2D eigenvalue weighted by Crippen LogP contribution is -2.06. The maximum atomic E-state index is 4.26. The van der Waals surface area contributed by atoms with Crippen molar-refractivity contribution in [2.75, 3.05) is 7.05 Å². The average molecular weight is 272 g/mol. The third-order valence-electron chi connectivity index (χ3n) is 1.81. The Hall–Kier alpha value is -0.650. The van der Waals surface area contributed by atoms with Gasteiger partial charge in [-0.2, -0.15) is 0 Å². The van der Waals surface area contributed by atoms with E-state index in [0.717, 1.165) is 22.5 Å². The molecule has 2 heterocycles. The van der Waals surface area contributed by atoms with Gasteiger partial charge < -0.3 is 10.3 Å². The molecule has 3 nitrogen and oxygen atoms in total. The van der Waals surface area contributed by atoms with Gasteiger partial charge in [-0.15, -0.1) is 11.3 Å². The molecule has 14 heavy (non-hydrogen) atoms. The Balaban J connectivity index is 2.24. The molecule has 2 aromatic rings. The Labute approximate surface area is 94.7 Å². The molecule has 5 heteroatoms. The molecular weight excluding hydrogens is 262 g/mol. The van der Waals surface area contributed by atoms with Crippen LogP contribution < -0.4 is 5.32 Å². The molecule has 0 aromatic carbocycles. The van der Waals surface area contributed by atoms with E-state index >= 15 is 0 Å². The molecule has 0 bridgehead atoms. The highest BCUT2D eigenvalue weighted by Gasteiger charge is 2.04. The van der Waals surface area contributed by atoms with Gasteiger partial charge >= 0.3 is 0 Å². The molecule has 2 N–H and O–H groups in total. The minimum absolute atomic E-state index is 0.770. The van der Waals surface area contributed by atoms with Crippen LogP contribution in [0, 0.1) is 0 Å². The van der Waals surface area contributed by atoms with Crippen molar-refractivity contribution in [1.82, 2.24) is 15.3 Å². The third kappa shape index (κ3) is 2.05. The smallest absolute Gasteiger partial charge is 0.120 e. The fourth-order valence-electron chi connectivity index (χ4n) is 1.20. The summed E-state index contributed by atoms with van der Waals surface area (Å²) in [4.78, 5) is 8.73. The highest BCUT2D eigenvalue weighted by atomic mass is 79.9. The van der Waals surface area contributed by atoms with Crippen molar-refractivity contribution in [3.8, 4) is 10.6 Å². The summed E-state index contributed by atoms with van der Waals surface area (Å²) in [6.45, 7) is 0.770. The van der Waals surface area contributed by atoms with Gasteiger partial charge in [0.2, 0.25) is 0 Å². The number of nitrogens with zero attached hydrogens (tertiary/aromatic N) is 1. The Morgan fingerprint density at radius 3 is 3.14 bits per heavy atom. The van der Waals surface area contributed by atoms with E-state index in [1.165, 1.54) is 4.88 Å². The molecule has 0 saturated heterocycles. The highest BCUT2D eigenvalue weighted by Crippen LogP contribution is 2.28. The van der Waals surface area contributed by atoms with E-state index in [2.05, 4.69) is 42.7 Å². The van der Waals surface area contributed by atoms with Gasteiger partial charge in [0.1, 0.15) is 5.82 Å². The second kappa shape index (κ2) is 4.25. The Kier molecular flexibility index (Phi) is 3.00. The van der Waals surface area contributed by atoms with Gasteiger partial charge in [0.15, 0.2) is 0 Å². The number of thiophene rings is 1. The predicted molar refractivity (Wildman–Crippen MR) is 62.4 cm³/mol. The molecule has 0 unspecified atom stereocenters. The zero-order chi connectivity index (χ0) is 9.97. The number of hydrogen-bond donors (Lipinski definition) is 2. The van der Waals surface area contributed by atoms with Crippen molar-refractivity contribution in [3.63, 3.8) is 0 Å². The van der Waals surface area contributed by atoms with Gasteiger partial charge in [-0.25, -0.2) is 4.98 Å². The third-order valence-corrected chi connectivity index (χ3v) is 3.53. The van der Waals surface area contributed by atoms with Crippen LogP contribution in [-0.2, 0) is 6.54 Å². The first-order valence-electron chi connectivity index (χ1n) is 4.22. The van der Waals surface area contributed by atoms with Crippen LogP contribution in [0.4, 0.5) is 0 Å². The lowest BCUT2D eigenvalue weighted by Gasteiger charge is -1.92. The van der Waals surface area contributed by atoms with Gasteiger partial charge in [-0.1, -0.05) is 0 Å². The summed E-state index contributed by atoms with van der Waals surface area (Å²) in [5.74, 6) is 0.965. The highest BCUT2D eigenvalue weighted by molar-refractivity contribution is 9.10. The summed E-state index contributed by atoms with van der Waals surface area (Å²) < 4.78 is 1.11. The quantitative estimate of drug-likeness (QED) is 0.901. The van der Waals surface area contributed by atoms with E-state index in [9.17, 15) is 0 Å². The second-order valence-corrected chi connectivity index (χ2v) is 4.73. The first kappa shape index (κ1) is 9.89. The minimum atomic E-state index is 0.770. The zero-order valence-electron chi connectivity index (χ0n) is 7.67. The molecule has 74 valence electrons. The molecule has 0 radical (unpaired) electrons. The number of hydrogen-bond acceptors (Lipinski definition) is 3. The summed E-state index contributed by atoms with van der Waals surface area (Å²) in [5.41, 5.74) is 1.07. The summed E-state index contributed by atoms with van der Waals surface area (Å²) >= 11 is 5.13. The van der Waals surface area contributed by atoms with E-state index in [-0.39, 0.29) is 0 Å². The first-order valence-corrected chi connectivity index (χ1v) is 5.90. The van der Waals surface area contributed by atoms with Crippen LogP contribution in [0.25, 0.3) is 10.6 Å². The molecule has 0 aliphatic carbocycles. The molecule has 0 amide bonds. The Morgan fingerprint density at radius 1 is 1.64 bits per heavy atom. The molecule has 2 aromatic heterocycles. The molecule has 0 spiro atoms. The van der Waals surface area contributed by atoms with Crippen molar-refractivity contribution in [3.05, 3.63) is 27.9 Å². The van der Waals surface area contributed by atoms with Crippen molar-refractivity contribution in [2.24, 2.45) is 0 Å². The number of imidazole rings is 1. The lowest BCUT2D eigenvalue weighted by atomic mass is 10.4. The fourth-order valence-corrected chi connectivity index (χ4v) is 2.59. The van der Waals surface area contributed by atoms with E-state index in [0.29, 0.717) is 0 Å². The maximum absolute atomic E-state index is 4.26. The molecular formula is C9H10BrN3S. The van der Waals surface area contributed by atoms with Crippen LogP contribution in [-0.4, -0.2) is 17.0 Å². The normalized spacial score (nSPS) is 10.7. The monoisotopic (exact) mass is 271 g/mol. The number of rotatable bonds is 3. The van der Waals surface area contributed by atoms with Crippen molar-refractivity contribution >= 4 is 27.3 Å². The van der Waals surface area contributed by atoms with Crippen molar-refractivity contribution in [2.45, 2.75) is 6.54 Å². The number of halogens is 1. The molecule has 2 rings (SSSR count). The van der Waals surface area contributed by atoms with Crippen LogP contribution in [0.2, 0.25) is 0 Å². The molecule has 0 atom stereocenters. The SMILES string of the molecule is CNCc1ncc(-c2cc(Br)cs2)[nH]1. The van der Waals surface area contributed by atoms with Gasteiger partial charge in [-0.05, 0) is 29.0 Å². The van der Waals surface area contributed by atoms with E-state index in [1.54, 1.807) is 11.3 Å². The van der Waals surface area contributed by atoms with E-state index < -0.39 is 0 Å². The number of H-pyrrole nitrogens is 1. The first-order chi connectivity index (χ1) is 6.79. The minimum Gasteiger partial charge on any atom is -0.340 e. The summed E-state index contributed by atoms with van der Waals surface area (Å²) in [7, 11) is 1.91. The Bertz CT molecular complexity index is 421. The van der Waals surface area contributed by atoms with Gasteiger partial charge in [0, 0.05) is 9.85 Å². The molecule has 0 saturated carbocycles. The molecule has 0 aliphatic rings. The van der Waals surface area contributed by atoms with Gasteiger partial charge in [0.25, 0.3) is 0 Å². The Morgan fingerprint density at radius 2 is 2.50 bits per heavy atom. The number of aromatic amines is 1. The fraction of sp³-hybridized carbons (Fsp3) is 0.222. The second-order valence-electron chi connectivity index (χ2n) is 2.90. The van der Waals surface area contributed by atoms with Crippen LogP contribution in [0.3, 0.4) is 0 Å². The summed E-state index contributed by atoms with van der Waals surface area (Å²) in [5, 5.41) is 5.12. The van der Waals surface area contributed by atoms with Crippen LogP contribution >= 0.6 is 27.3 Å².